The van der Waals surface area contributed by atoms with Crippen LogP contribution in [0.5, 0.6) is 11.5 Å². The molecule has 1 fully saturated rings. The molecular formula is C35H40N4O5. The summed E-state index contributed by atoms with van der Waals surface area (Å²) in [6.07, 6.45) is 0. The zero-order valence-electron chi connectivity index (χ0n) is 25.8. The van der Waals surface area contributed by atoms with Crippen LogP contribution in [0.15, 0.2) is 90.1 Å². The van der Waals surface area contributed by atoms with Crippen LogP contribution in [0, 0.1) is 6.92 Å². The third-order valence-electron chi connectivity index (χ3n) is 8.06. The second kappa shape index (κ2) is 13.8. The molecule has 2 aliphatic heterocycles. The number of hydrogen-bond donors (Lipinski definition) is 1. The SMILES string of the molecule is CCOC(=O)C1=C(CN2CCN(C(=O)c3ccc(C)cc3)C(C)C2)N(CC)C(=O)NC1c1cccc(Oc2ccccc2)c1. The van der Waals surface area contributed by atoms with E-state index < -0.39 is 12.0 Å². The van der Waals surface area contributed by atoms with E-state index in [9.17, 15) is 14.4 Å². The van der Waals surface area contributed by atoms with Gasteiger partial charge in [0.25, 0.3) is 5.91 Å². The van der Waals surface area contributed by atoms with Crippen molar-refractivity contribution in [2.24, 2.45) is 0 Å². The summed E-state index contributed by atoms with van der Waals surface area (Å²) in [5, 5.41) is 3.04. The van der Waals surface area contributed by atoms with E-state index in [1.165, 1.54) is 0 Å². The molecule has 9 nitrogen and oxygen atoms in total. The Labute approximate surface area is 259 Å². The van der Waals surface area contributed by atoms with E-state index in [1.807, 2.05) is 105 Å². The van der Waals surface area contributed by atoms with E-state index in [1.54, 1.807) is 11.8 Å². The van der Waals surface area contributed by atoms with E-state index in [0.29, 0.717) is 66.6 Å². The standard InChI is InChI=1S/C35H40N4O5/c1-5-38-30(23-37-19-20-39(25(4)22-37)33(40)26-17-15-24(3)16-18-26)31(34(41)43-6-2)32(36-35(38)42)27-11-10-14-29(21-27)44-28-12-8-7-9-13-28/h7-18,21,25,32H,5-6,19-20,22-23H2,1-4H3,(H,36,42). The third kappa shape index (κ3) is 6.78. The van der Waals surface area contributed by atoms with Gasteiger partial charge in [0.05, 0.1) is 18.2 Å². The van der Waals surface area contributed by atoms with Crippen molar-refractivity contribution in [2.75, 3.05) is 39.3 Å². The summed E-state index contributed by atoms with van der Waals surface area (Å²) in [6.45, 7) is 10.4. The van der Waals surface area contributed by atoms with Gasteiger partial charge in [-0.25, -0.2) is 9.59 Å². The Balaban J connectivity index is 1.43. The highest BCUT2D eigenvalue weighted by Gasteiger charge is 2.39. The van der Waals surface area contributed by atoms with Crippen LogP contribution in [0.3, 0.4) is 0 Å². The van der Waals surface area contributed by atoms with Crippen LogP contribution in [0.2, 0.25) is 0 Å². The van der Waals surface area contributed by atoms with Crippen LogP contribution in [0.25, 0.3) is 0 Å². The molecule has 0 bridgehead atoms. The number of piperazine rings is 1. The second-order valence-electron chi connectivity index (χ2n) is 11.1. The van der Waals surface area contributed by atoms with Gasteiger partial charge in [0.15, 0.2) is 0 Å². The molecule has 0 radical (unpaired) electrons. The number of hydrogen-bond acceptors (Lipinski definition) is 6. The summed E-state index contributed by atoms with van der Waals surface area (Å²) in [4.78, 5) is 46.1. The van der Waals surface area contributed by atoms with Crippen molar-refractivity contribution in [2.45, 2.75) is 39.8 Å². The zero-order valence-corrected chi connectivity index (χ0v) is 25.8. The van der Waals surface area contributed by atoms with Crippen molar-refractivity contribution in [3.05, 3.63) is 107 Å². The molecule has 0 spiro atoms. The predicted octanol–water partition coefficient (Wildman–Crippen LogP) is 5.54. The Morgan fingerprint density at radius 2 is 1.66 bits per heavy atom. The predicted molar refractivity (Wildman–Crippen MR) is 168 cm³/mol. The smallest absolute Gasteiger partial charge is 0.338 e. The molecule has 230 valence electrons. The van der Waals surface area contributed by atoms with Gasteiger partial charge in [0, 0.05) is 50.0 Å². The normalized spacial score (nSPS) is 19.0. The highest BCUT2D eigenvalue weighted by Crippen LogP contribution is 2.34. The van der Waals surface area contributed by atoms with Gasteiger partial charge in [0.1, 0.15) is 11.5 Å². The van der Waals surface area contributed by atoms with Crippen molar-refractivity contribution in [1.29, 1.82) is 0 Å². The maximum atomic E-state index is 13.6. The first-order valence-corrected chi connectivity index (χ1v) is 15.2. The highest BCUT2D eigenvalue weighted by atomic mass is 16.5. The molecule has 2 unspecified atom stereocenters. The Morgan fingerprint density at radius 1 is 0.932 bits per heavy atom. The number of nitrogens with one attached hydrogen (secondary N) is 1. The number of urea groups is 1. The number of nitrogens with zero attached hydrogens (tertiary/aromatic N) is 3. The minimum Gasteiger partial charge on any atom is -0.463 e. The maximum absolute atomic E-state index is 13.6. The van der Waals surface area contributed by atoms with Crippen LogP contribution in [0.1, 0.15) is 48.3 Å². The Hall–Kier alpha value is -4.63. The Bertz CT molecular complexity index is 1520. The molecule has 2 atom stereocenters. The topological polar surface area (TPSA) is 91.4 Å². The number of rotatable bonds is 9. The molecule has 1 saturated heterocycles. The summed E-state index contributed by atoms with van der Waals surface area (Å²) < 4.78 is 11.6. The van der Waals surface area contributed by atoms with Crippen LogP contribution in [0.4, 0.5) is 4.79 Å². The fraction of sp³-hybridized carbons (Fsp3) is 0.343. The first-order valence-electron chi connectivity index (χ1n) is 15.2. The summed E-state index contributed by atoms with van der Waals surface area (Å²) >= 11 is 0. The molecule has 3 amide bonds. The monoisotopic (exact) mass is 596 g/mol. The number of carbonyl (C=O) groups is 3. The summed E-state index contributed by atoms with van der Waals surface area (Å²) in [7, 11) is 0. The van der Waals surface area contributed by atoms with Gasteiger partial charge >= 0.3 is 12.0 Å². The van der Waals surface area contributed by atoms with Crippen molar-refractivity contribution < 1.29 is 23.9 Å². The molecule has 2 heterocycles. The van der Waals surface area contributed by atoms with Crippen LogP contribution >= 0.6 is 0 Å². The lowest BCUT2D eigenvalue weighted by Gasteiger charge is -2.43. The van der Waals surface area contributed by atoms with E-state index in [0.717, 1.165) is 5.56 Å². The van der Waals surface area contributed by atoms with Gasteiger partial charge in [-0.05, 0) is 69.7 Å². The molecule has 3 aromatic carbocycles. The number of ether oxygens (including phenoxy) is 2. The minimum absolute atomic E-state index is 0.00785. The first kappa shape index (κ1) is 30.8. The van der Waals surface area contributed by atoms with Crippen LogP contribution in [-0.4, -0.2) is 78.0 Å². The van der Waals surface area contributed by atoms with Gasteiger partial charge in [-0.3, -0.25) is 14.6 Å². The van der Waals surface area contributed by atoms with Crippen LogP contribution < -0.4 is 10.1 Å². The maximum Gasteiger partial charge on any atom is 0.338 e. The molecule has 3 aromatic rings. The number of carbonyl (C=O) groups excluding carboxylic acids is 3. The summed E-state index contributed by atoms with van der Waals surface area (Å²) in [6, 6.07) is 23.4. The van der Waals surface area contributed by atoms with Crippen molar-refractivity contribution in [3.63, 3.8) is 0 Å². The van der Waals surface area contributed by atoms with Crippen molar-refractivity contribution in [3.8, 4) is 11.5 Å². The fourth-order valence-electron chi connectivity index (χ4n) is 5.84. The number of amides is 3. The van der Waals surface area contributed by atoms with Gasteiger partial charge in [0.2, 0.25) is 0 Å². The molecule has 2 aliphatic rings. The van der Waals surface area contributed by atoms with E-state index in [-0.39, 0.29) is 24.6 Å². The number of esters is 1. The molecule has 0 aromatic heterocycles. The van der Waals surface area contributed by atoms with Crippen molar-refractivity contribution >= 4 is 17.9 Å². The molecule has 44 heavy (non-hydrogen) atoms. The fourth-order valence-corrected chi connectivity index (χ4v) is 5.84. The highest BCUT2D eigenvalue weighted by molar-refractivity contribution is 5.95. The third-order valence-corrected chi connectivity index (χ3v) is 8.06. The molecule has 1 N–H and O–H groups in total. The van der Waals surface area contributed by atoms with Crippen molar-refractivity contribution in [1.82, 2.24) is 20.0 Å². The number of benzene rings is 3. The summed E-state index contributed by atoms with van der Waals surface area (Å²) in [5.74, 6) is 0.814. The molecule has 5 rings (SSSR count). The Morgan fingerprint density at radius 3 is 2.34 bits per heavy atom. The van der Waals surface area contributed by atoms with E-state index in [4.69, 9.17) is 9.47 Å². The first-order chi connectivity index (χ1) is 21.3. The van der Waals surface area contributed by atoms with E-state index >= 15 is 0 Å². The number of likely N-dealkylation sites (N-methyl/N-ethyl adjacent to an activating group) is 1. The largest absolute Gasteiger partial charge is 0.463 e. The lowest BCUT2D eigenvalue weighted by Crippen LogP contribution is -2.56. The van der Waals surface area contributed by atoms with Gasteiger partial charge < -0.3 is 19.7 Å². The molecular weight excluding hydrogens is 556 g/mol. The van der Waals surface area contributed by atoms with E-state index in [2.05, 4.69) is 10.2 Å². The molecule has 9 heteroatoms. The van der Waals surface area contributed by atoms with Gasteiger partial charge in [-0.1, -0.05) is 48.0 Å². The van der Waals surface area contributed by atoms with Gasteiger partial charge in [-0.15, -0.1) is 0 Å². The second-order valence-corrected chi connectivity index (χ2v) is 11.1. The molecule has 0 saturated carbocycles. The number of para-hydroxylation sites is 1. The summed E-state index contributed by atoms with van der Waals surface area (Å²) in [5.41, 5.74) is 3.50. The average molecular weight is 597 g/mol. The molecule has 0 aliphatic carbocycles. The average Bonchev–Trinajstić information content (AvgIpc) is 3.02. The lowest BCUT2D eigenvalue weighted by atomic mass is 9.93. The minimum atomic E-state index is -0.722. The van der Waals surface area contributed by atoms with Crippen LogP contribution in [-0.2, 0) is 9.53 Å². The number of aryl methyl sites for hydroxylation is 1. The van der Waals surface area contributed by atoms with Gasteiger partial charge in [-0.2, -0.15) is 0 Å². The zero-order chi connectivity index (χ0) is 31.2. The Kier molecular flexibility index (Phi) is 9.65. The lowest BCUT2D eigenvalue weighted by molar-refractivity contribution is -0.139. The quantitative estimate of drug-likeness (QED) is 0.327.